The molecule has 1 aromatic heterocycles. The standard InChI is InChI=1S/C14H14BrN3O/c1-9-11(15)4-3-5-12(9)18-14(19)13-8-10(16-2)6-7-17-13/h3-8H,1-2H3,(H,16,17)(H,18,19). The Morgan fingerprint density at radius 1 is 1.32 bits per heavy atom. The maximum Gasteiger partial charge on any atom is 0.274 e. The molecule has 0 spiro atoms. The van der Waals surface area contributed by atoms with Crippen LogP contribution in [0.3, 0.4) is 0 Å². The van der Waals surface area contributed by atoms with Crippen LogP contribution in [-0.4, -0.2) is 17.9 Å². The highest BCUT2D eigenvalue weighted by Crippen LogP contribution is 2.23. The van der Waals surface area contributed by atoms with Crippen LogP contribution in [0, 0.1) is 6.92 Å². The number of nitrogens with one attached hydrogen (secondary N) is 2. The number of benzene rings is 1. The van der Waals surface area contributed by atoms with E-state index in [0.29, 0.717) is 5.69 Å². The van der Waals surface area contributed by atoms with Crippen LogP contribution in [0.1, 0.15) is 16.1 Å². The predicted octanol–water partition coefficient (Wildman–Crippen LogP) is 3.45. The molecular formula is C14H14BrN3O. The first-order valence-corrected chi connectivity index (χ1v) is 6.61. The predicted molar refractivity (Wildman–Crippen MR) is 80.6 cm³/mol. The molecule has 0 aliphatic rings. The molecule has 0 aliphatic heterocycles. The molecule has 1 heterocycles. The van der Waals surface area contributed by atoms with Crippen molar-refractivity contribution in [3.8, 4) is 0 Å². The summed E-state index contributed by atoms with van der Waals surface area (Å²) in [5, 5.41) is 5.84. The summed E-state index contributed by atoms with van der Waals surface area (Å²) < 4.78 is 0.960. The number of hydrogen-bond donors (Lipinski definition) is 2. The molecule has 0 fully saturated rings. The molecule has 1 amide bonds. The van der Waals surface area contributed by atoms with Gasteiger partial charge in [0.05, 0.1) is 0 Å². The summed E-state index contributed by atoms with van der Waals surface area (Å²) in [6.07, 6.45) is 1.61. The van der Waals surface area contributed by atoms with Crippen molar-refractivity contribution in [1.82, 2.24) is 4.98 Å². The van der Waals surface area contributed by atoms with E-state index in [1.165, 1.54) is 0 Å². The third-order valence-electron chi connectivity index (χ3n) is 2.80. The maximum absolute atomic E-state index is 12.1. The Morgan fingerprint density at radius 3 is 2.84 bits per heavy atom. The number of nitrogens with zero attached hydrogens (tertiary/aromatic N) is 1. The summed E-state index contributed by atoms with van der Waals surface area (Å²) in [5.74, 6) is -0.224. The van der Waals surface area contributed by atoms with Gasteiger partial charge in [-0.3, -0.25) is 9.78 Å². The lowest BCUT2D eigenvalue weighted by Crippen LogP contribution is -2.14. The van der Waals surface area contributed by atoms with Crippen LogP contribution in [0.15, 0.2) is 41.0 Å². The molecule has 4 nitrogen and oxygen atoms in total. The average molecular weight is 320 g/mol. The molecule has 0 atom stereocenters. The summed E-state index contributed by atoms with van der Waals surface area (Å²) in [6, 6.07) is 9.19. The lowest BCUT2D eigenvalue weighted by atomic mass is 10.2. The molecule has 2 rings (SSSR count). The lowest BCUT2D eigenvalue weighted by Gasteiger charge is -2.09. The van der Waals surface area contributed by atoms with Gasteiger partial charge in [0.2, 0.25) is 0 Å². The molecule has 0 unspecified atom stereocenters. The van der Waals surface area contributed by atoms with Crippen LogP contribution in [0.4, 0.5) is 11.4 Å². The third kappa shape index (κ3) is 3.12. The zero-order chi connectivity index (χ0) is 13.8. The molecule has 0 aliphatic carbocycles. The van der Waals surface area contributed by atoms with Crippen molar-refractivity contribution < 1.29 is 4.79 Å². The molecule has 2 N–H and O–H groups in total. The normalized spacial score (nSPS) is 10.1. The van der Waals surface area contributed by atoms with E-state index in [2.05, 4.69) is 31.5 Å². The molecule has 98 valence electrons. The van der Waals surface area contributed by atoms with Crippen LogP contribution < -0.4 is 10.6 Å². The minimum Gasteiger partial charge on any atom is -0.388 e. The number of hydrogen-bond acceptors (Lipinski definition) is 3. The van der Waals surface area contributed by atoms with Crippen molar-refractivity contribution in [1.29, 1.82) is 0 Å². The van der Waals surface area contributed by atoms with E-state index in [1.54, 1.807) is 25.4 Å². The molecule has 2 aromatic rings. The van der Waals surface area contributed by atoms with E-state index in [0.717, 1.165) is 21.4 Å². The monoisotopic (exact) mass is 319 g/mol. The van der Waals surface area contributed by atoms with Crippen molar-refractivity contribution >= 4 is 33.2 Å². The second-order valence-corrected chi connectivity index (χ2v) is 4.90. The Labute approximate surface area is 120 Å². The number of amides is 1. The van der Waals surface area contributed by atoms with Crippen LogP contribution in [-0.2, 0) is 0 Å². The number of halogens is 1. The first-order valence-electron chi connectivity index (χ1n) is 5.82. The Kier molecular flexibility index (Phi) is 4.16. The number of anilines is 2. The summed E-state index contributed by atoms with van der Waals surface area (Å²) >= 11 is 3.44. The first-order chi connectivity index (χ1) is 9.11. The molecule has 19 heavy (non-hydrogen) atoms. The largest absolute Gasteiger partial charge is 0.388 e. The summed E-state index contributed by atoms with van der Waals surface area (Å²) in [6.45, 7) is 1.94. The fourth-order valence-corrected chi connectivity index (χ4v) is 2.01. The lowest BCUT2D eigenvalue weighted by molar-refractivity contribution is 0.102. The van der Waals surface area contributed by atoms with Crippen LogP contribution in [0.5, 0.6) is 0 Å². The molecule has 0 bridgehead atoms. The Hall–Kier alpha value is -1.88. The maximum atomic E-state index is 12.1. The highest BCUT2D eigenvalue weighted by atomic mass is 79.9. The Bertz CT molecular complexity index is 613. The van der Waals surface area contributed by atoms with E-state index in [9.17, 15) is 4.79 Å². The number of aromatic nitrogens is 1. The summed E-state index contributed by atoms with van der Waals surface area (Å²) in [5.41, 5.74) is 2.99. The van der Waals surface area contributed by atoms with Gasteiger partial charge in [0.25, 0.3) is 5.91 Å². The topological polar surface area (TPSA) is 54.0 Å². The van der Waals surface area contributed by atoms with Gasteiger partial charge in [0, 0.05) is 29.1 Å². The van der Waals surface area contributed by atoms with Crippen LogP contribution in [0.2, 0.25) is 0 Å². The SMILES string of the molecule is CNc1ccnc(C(=O)Nc2cccc(Br)c2C)c1. The van der Waals surface area contributed by atoms with Gasteiger partial charge in [-0.25, -0.2) is 0 Å². The van der Waals surface area contributed by atoms with Gasteiger partial charge in [0.1, 0.15) is 5.69 Å². The van der Waals surface area contributed by atoms with Gasteiger partial charge in [-0.15, -0.1) is 0 Å². The van der Waals surface area contributed by atoms with Crippen molar-refractivity contribution in [2.24, 2.45) is 0 Å². The fraction of sp³-hybridized carbons (Fsp3) is 0.143. The fourth-order valence-electron chi connectivity index (χ4n) is 1.64. The molecular weight excluding hydrogens is 306 g/mol. The Balaban J connectivity index is 2.23. The van der Waals surface area contributed by atoms with Crippen molar-refractivity contribution in [3.05, 3.63) is 52.3 Å². The highest BCUT2D eigenvalue weighted by molar-refractivity contribution is 9.10. The molecule has 1 aromatic carbocycles. The highest BCUT2D eigenvalue weighted by Gasteiger charge is 2.10. The van der Waals surface area contributed by atoms with Gasteiger partial charge >= 0.3 is 0 Å². The van der Waals surface area contributed by atoms with Crippen molar-refractivity contribution in [2.75, 3.05) is 17.7 Å². The number of carbonyl (C=O) groups is 1. The zero-order valence-electron chi connectivity index (χ0n) is 10.7. The minimum atomic E-state index is -0.224. The molecule has 5 heteroatoms. The second-order valence-electron chi connectivity index (χ2n) is 4.05. The zero-order valence-corrected chi connectivity index (χ0v) is 12.3. The first kappa shape index (κ1) is 13.5. The number of pyridine rings is 1. The van der Waals surface area contributed by atoms with Gasteiger partial charge in [-0.1, -0.05) is 22.0 Å². The number of carbonyl (C=O) groups excluding carboxylic acids is 1. The van der Waals surface area contributed by atoms with E-state index >= 15 is 0 Å². The van der Waals surface area contributed by atoms with Crippen molar-refractivity contribution in [2.45, 2.75) is 6.92 Å². The average Bonchev–Trinajstić information content (AvgIpc) is 2.44. The molecule has 0 saturated heterocycles. The summed E-state index contributed by atoms with van der Waals surface area (Å²) in [4.78, 5) is 16.2. The van der Waals surface area contributed by atoms with Crippen molar-refractivity contribution in [3.63, 3.8) is 0 Å². The Morgan fingerprint density at radius 2 is 2.11 bits per heavy atom. The van der Waals surface area contributed by atoms with Gasteiger partial charge in [0.15, 0.2) is 0 Å². The van der Waals surface area contributed by atoms with E-state index in [-0.39, 0.29) is 5.91 Å². The van der Waals surface area contributed by atoms with E-state index < -0.39 is 0 Å². The van der Waals surface area contributed by atoms with Crippen LogP contribution in [0.25, 0.3) is 0 Å². The molecule has 0 saturated carbocycles. The minimum absolute atomic E-state index is 0.224. The quantitative estimate of drug-likeness (QED) is 0.911. The van der Waals surface area contributed by atoms with E-state index in [4.69, 9.17) is 0 Å². The van der Waals surface area contributed by atoms with Crippen LogP contribution >= 0.6 is 15.9 Å². The summed E-state index contributed by atoms with van der Waals surface area (Å²) in [7, 11) is 1.80. The third-order valence-corrected chi connectivity index (χ3v) is 3.66. The van der Waals surface area contributed by atoms with E-state index in [1.807, 2.05) is 25.1 Å². The molecule has 0 radical (unpaired) electrons. The van der Waals surface area contributed by atoms with Gasteiger partial charge in [-0.2, -0.15) is 0 Å². The van der Waals surface area contributed by atoms with Gasteiger partial charge in [-0.05, 0) is 36.8 Å². The van der Waals surface area contributed by atoms with Gasteiger partial charge < -0.3 is 10.6 Å². The smallest absolute Gasteiger partial charge is 0.274 e. The second kappa shape index (κ2) is 5.84. The number of rotatable bonds is 3.